The number of morpholine rings is 1. The zero-order valence-corrected chi connectivity index (χ0v) is 12.3. The van der Waals surface area contributed by atoms with Crippen molar-refractivity contribution in [3.63, 3.8) is 0 Å². The molecule has 0 spiro atoms. The maximum absolute atomic E-state index is 5.92. The van der Waals surface area contributed by atoms with Gasteiger partial charge in [-0.3, -0.25) is 4.98 Å². The molecule has 0 aliphatic carbocycles. The van der Waals surface area contributed by atoms with E-state index in [1.54, 1.807) is 6.20 Å². The number of hydrogen-bond donors (Lipinski definition) is 1. The standard InChI is InChI=1S/C14H24N4O/c1-5-6-16-12-7-15-8-13(17-12)18-9-11(2)19-14(3,4)10-18/h7-8,11H,5-6,9-10H2,1-4H3,(H,16,17). The summed E-state index contributed by atoms with van der Waals surface area (Å²) in [5.41, 5.74) is -0.147. The summed E-state index contributed by atoms with van der Waals surface area (Å²) in [6.45, 7) is 11.1. The molecule has 1 aromatic rings. The van der Waals surface area contributed by atoms with Gasteiger partial charge in [-0.15, -0.1) is 0 Å². The van der Waals surface area contributed by atoms with Gasteiger partial charge in [-0.05, 0) is 27.2 Å². The molecule has 19 heavy (non-hydrogen) atoms. The van der Waals surface area contributed by atoms with Gasteiger partial charge in [0.2, 0.25) is 0 Å². The van der Waals surface area contributed by atoms with Crippen LogP contribution in [0.5, 0.6) is 0 Å². The minimum absolute atomic E-state index is 0.147. The Morgan fingerprint density at radius 2 is 2.26 bits per heavy atom. The van der Waals surface area contributed by atoms with Gasteiger partial charge in [0.15, 0.2) is 0 Å². The fraction of sp³-hybridized carbons (Fsp3) is 0.714. The van der Waals surface area contributed by atoms with Crippen LogP contribution < -0.4 is 10.2 Å². The molecule has 1 saturated heterocycles. The van der Waals surface area contributed by atoms with E-state index in [0.29, 0.717) is 0 Å². The molecule has 1 aromatic heterocycles. The number of anilines is 2. The summed E-state index contributed by atoms with van der Waals surface area (Å²) in [6.07, 6.45) is 4.88. The third-order valence-corrected chi connectivity index (χ3v) is 3.07. The lowest BCUT2D eigenvalue weighted by Crippen LogP contribution is -2.52. The summed E-state index contributed by atoms with van der Waals surface area (Å²) < 4.78 is 5.92. The minimum atomic E-state index is -0.147. The van der Waals surface area contributed by atoms with Crippen molar-refractivity contribution < 1.29 is 4.74 Å². The molecule has 0 aromatic carbocycles. The number of rotatable bonds is 4. The van der Waals surface area contributed by atoms with Crippen LogP contribution in [0.4, 0.5) is 11.6 Å². The van der Waals surface area contributed by atoms with E-state index >= 15 is 0 Å². The van der Waals surface area contributed by atoms with Gasteiger partial charge in [0, 0.05) is 19.6 Å². The average molecular weight is 264 g/mol. The van der Waals surface area contributed by atoms with Crippen molar-refractivity contribution in [3.8, 4) is 0 Å². The van der Waals surface area contributed by atoms with E-state index in [1.807, 2.05) is 6.20 Å². The summed E-state index contributed by atoms with van der Waals surface area (Å²) in [6, 6.07) is 0. The average Bonchev–Trinajstić information content (AvgIpc) is 2.34. The molecule has 1 unspecified atom stereocenters. The maximum Gasteiger partial charge on any atom is 0.149 e. The lowest BCUT2D eigenvalue weighted by molar-refractivity contribution is -0.0751. The zero-order valence-electron chi connectivity index (χ0n) is 12.3. The van der Waals surface area contributed by atoms with Crippen LogP contribution in [0.1, 0.15) is 34.1 Å². The molecule has 5 nitrogen and oxygen atoms in total. The molecule has 1 fully saturated rings. The van der Waals surface area contributed by atoms with Gasteiger partial charge in [0.25, 0.3) is 0 Å². The predicted octanol–water partition coefficient (Wildman–Crippen LogP) is 2.30. The van der Waals surface area contributed by atoms with Gasteiger partial charge in [-0.2, -0.15) is 0 Å². The molecule has 106 valence electrons. The van der Waals surface area contributed by atoms with Crippen LogP contribution in [0.2, 0.25) is 0 Å². The highest BCUT2D eigenvalue weighted by Crippen LogP contribution is 2.24. The minimum Gasteiger partial charge on any atom is -0.369 e. The molecule has 0 saturated carbocycles. The molecule has 0 bridgehead atoms. The van der Waals surface area contributed by atoms with Crippen LogP contribution in [0, 0.1) is 0 Å². The van der Waals surface area contributed by atoms with Crippen molar-refractivity contribution >= 4 is 11.6 Å². The van der Waals surface area contributed by atoms with Crippen molar-refractivity contribution in [3.05, 3.63) is 12.4 Å². The van der Waals surface area contributed by atoms with Crippen LogP contribution in [-0.2, 0) is 4.74 Å². The molecular formula is C14H24N4O. The molecule has 1 aliphatic rings. The van der Waals surface area contributed by atoms with E-state index in [2.05, 4.69) is 47.9 Å². The van der Waals surface area contributed by atoms with Crippen molar-refractivity contribution in [1.82, 2.24) is 9.97 Å². The first-order valence-electron chi connectivity index (χ1n) is 6.99. The Hall–Kier alpha value is -1.36. The highest BCUT2D eigenvalue weighted by molar-refractivity contribution is 5.44. The van der Waals surface area contributed by atoms with Crippen molar-refractivity contribution in [1.29, 1.82) is 0 Å². The second kappa shape index (κ2) is 5.74. The number of nitrogens with one attached hydrogen (secondary N) is 1. The van der Waals surface area contributed by atoms with Crippen LogP contribution in [0.25, 0.3) is 0 Å². The second-order valence-electron chi connectivity index (χ2n) is 5.76. The molecule has 5 heteroatoms. The molecule has 2 rings (SSSR count). The van der Waals surface area contributed by atoms with Crippen LogP contribution >= 0.6 is 0 Å². The fourth-order valence-corrected chi connectivity index (χ4v) is 2.47. The van der Waals surface area contributed by atoms with E-state index in [0.717, 1.165) is 37.7 Å². The molecule has 0 radical (unpaired) electrons. The monoisotopic (exact) mass is 264 g/mol. The van der Waals surface area contributed by atoms with E-state index < -0.39 is 0 Å². The zero-order chi connectivity index (χ0) is 13.9. The van der Waals surface area contributed by atoms with Gasteiger partial charge >= 0.3 is 0 Å². The molecule has 1 N–H and O–H groups in total. The predicted molar refractivity (Wildman–Crippen MR) is 77.7 cm³/mol. The van der Waals surface area contributed by atoms with Crippen molar-refractivity contribution in [2.24, 2.45) is 0 Å². The Bertz CT molecular complexity index is 422. The Labute approximate surface area is 115 Å². The lowest BCUT2D eigenvalue weighted by Gasteiger charge is -2.42. The number of hydrogen-bond acceptors (Lipinski definition) is 5. The first-order valence-corrected chi connectivity index (χ1v) is 6.99. The third kappa shape index (κ3) is 3.80. The van der Waals surface area contributed by atoms with E-state index in [-0.39, 0.29) is 11.7 Å². The molecule has 1 atom stereocenters. The summed E-state index contributed by atoms with van der Waals surface area (Å²) >= 11 is 0. The van der Waals surface area contributed by atoms with Gasteiger partial charge in [0.05, 0.1) is 24.1 Å². The number of ether oxygens (including phenoxy) is 1. The maximum atomic E-state index is 5.92. The molecular weight excluding hydrogens is 240 g/mol. The van der Waals surface area contributed by atoms with Crippen molar-refractivity contribution in [2.75, 3.05) is 29.9 Å². The summed E-state index contributed by atoms with van der Waals surface area (Å²) in [4.78, 5) is 11.2. The van der Waals surface area contributed by atoms with Gasteiger partial charge in [0.1, 0.15) is 11.6 Å². The quantitative estimate of drug-likeness (QED) is 0.904. The number of nitrogens with zero attached hydrogens (tertiary/aromatic N) is 3. The molecule has 0 amide bonds. The smallest absolute Gasteiger partial charge is 0.149 e. The molecule has 1 aliphatic heterocycles. The number of aromatic nitrogens is 2. The van der Waals surface area contributed by atoms with Gasteiger partial charge in [-0.1, -0.05) is 6.92 Å². The Balaban J connectivity index is 2.12. The highest BCUT2D eigenvalue weighted by Gasteiger charge is 2.32. The normalized spacial score (nSPS) is 22.3. The first kappa shape index (κ1) is 14.1. The van der Waals surface area contributed by atoms with Crippen LogP contribution in [-0.4, -0.2) is 41.3 Å². The summed E-state index contributed by atoms with van der Waals surface area (Å²) in [5, 5.41) is 3.27. The third-order valence-electron chi connectivity index (χ3n) is 3.07. The van der Waals surface area contributed by atoms with Gasteiger partial charge in [-0.25, -0.2) is 4.98 Å². The summed E-state index contributed by atoms with van der Waals surface area (Å²) in [5.74, 6) is 1.76. The van der Waals surface area contributed by atoms with Gasteiger partial charge < -0.3 is 15.0 Å². The fourth-order valence-electron chi connectivity index (χ4n) is 2.47. The first-order chi connectivity index (χ1) is 9.00. The lowest BCUT2D eigenvalue weighted by atomic mass is 10.1. The summed E-state index contributed by atoms with van der Waals surface area (Å²) in [7, 11) is 0. The SMILES string of the molecule is CCCNc1cncc(N2CC(C)OC(C)(C)C2)n1. The van der Waals surface area contributed by atoms with Crippen LogP contribution in [0.15, 0.2) is 12.4 Å². The highest BCUT2D eigenvalue weighted by atomic mass is 16.5. The van der Waals surface area contributed by atoms with E-state index in [4.69, 9.17) is 4.74 Å². The largest absolute Gasteiger partial charge is 0.369 e. The van der Waals surface area contributed by atoms with Crippen molar-refractivity contribution in [2.45, 2.75) is 45.8 Å². The second-order valence-corrected chi connectivity index (χ2v) is 5.76. The Kier molecular flexibility index (Phi) is 4.24. The Morgan fingerprint density at radius 3 is 2.95 bits per heavy atom. The van der Waals surface area contributed by atoms with E-state index in [1.165, 1.54) is 0 Å². The topological polar surface area (TPSA) is 50.3 Å². The Morgan fingerprint density at radius 1 is 1.47 bits per heavy atom. The van der Waals surface area contributed by atoms with E-state index in [9.17, 15) is 0 Å². The van der Waals surface area contributed by atoms with Crippen LogP contribution in [0.3, 0.4) is 0 Å². The molecule has 2 heterocycles.